The van der Waals surface area contributed by atoms with E-state index in [0.717, 1.165) is 10.6 Å². The molecule has 0 unspecified atom stereocenters. The highest BCUT2D eigenvalue weighted by Gasteiger charge is 2.09. The first kappa shape index (κ1) is 11.6. The molecule has 0 fully saturated rings. The lowest BCUT2D eigenvalue weighted by Crippen LogP contribution is -2.12. The minimum absolute atomic E-state index is 0.0208. The first-order chi connectivity index (χ1) is 6.99. The van der Waals surface area contributed by atoms with Gasteiger partial charge in [-0.3, -0.25) is 9.59 Å². The first-order valence-electron chi connectivity index (χ1n) is 4.44. The van der Waals surface area contributed by atoms with Crippen molar-refractivity contribution in [2.75, 3.05) is 5.32 Å². The highest BCUT2D eigenvalue weighted by Crippen LogP contribution is 2.21. The van der Waals surface area contributed by atoms with E-state index in [9.17, 15) is 9.59 Å². The number of carboxylic acids is 1. The van der Waals surface area contributed by atoms with Gasteiger partial charge in [0.25, 0.3) is 0 Å². The highest BCUT2D eigenvalue weighted by atomic mass is 32.1. The molecule has 0 aliphatic carbocycles. The smallest absolute Gasteiger partial charge is 0.303 e. The summed E-state index contributed by atoms with van der Waals surface area (Å²) in [5.74, 6) is -1.29. The molecule has 82 valence electrons. The van der Waals surface area contributed by atoms with Crippen LogP contribution in [0.3, 0.4) is 0 Å². The lowest BCUT2D eigenvalue weighted by Gasteiger charge is -1.98. The summed E-state index contributed by atoms with van der Waals surface area (Å²) in [7, 11) is 0. The monoisotopic (exact) mass is 228 g/mol. The number of hydrogen-bond donors (Lipinski definition) is 2. The second-order valence-corrected chi connectivity index (χ2v) is 4.31. The molecule has 15 heavy (non-hydrogen) atoms. The summed E-state index contributed by atoms with van der Waals surface area (Å²) in [6.07, 6.45) is -0.178. The molecule has 1 aromatic rings. The highest BCUT2D eigenvalue weighted by molar-refractivity contribution is 7.15. The van der Waals surface area contributed by atoms with Crippen molar-refractivity contribution in [3.63, 3.8) is 0 Å². The molecule has 0 radical (unpaired) electrons. The van der Waals surface area contributed by atoms with Gasteiger partial charge in [0.2, 0.25) is 5.91 Å². The zero-order valence-electron chi connectivity index (χ0n) is 8.53. The zero-order valence-corrected chi connectivity index (χ0v) is 9.35. The van der Waals surface area contributed by atoms with Gasteiger partial charge in [0.1, 0.15) is 0 Å². The van der Waals surface area contributed by atoms with E-state index in [-0.39, 0.29) is 18.7 Å². The van der Waals surface area contributed by atoms with Gasteiger partial charge in [0.15, 0.2) is 5.13 Å². The van der Waals surface area contributed by atoms with Crippen molar-refractivity contribution >= 4 is 28.3 Å². The Labute approximate surface area is 91.1 Å². The van der Waals surface area contributed by atoms with Crippen molar-refractivity contribution in [3.05, 3.63) is 10.6 Å². The van der Waals surface area contributed by atoms with Gasteiger partial charge in [-0.05, 0) is 13.8 Å². The number of nitrogens with one attached hydrogen (secondary N) is 1. The van der Waals surface area contributed by atoms with Crippen LogP contribution in [0, 0.1) is 13.8 Å². The lowest BCUT2D eigenvalue weighted by atomic mass is 10.3. The molecule has 0 aromatic carbocycles. The molecule has 0 aliphatic rings. The topological polar surface area (TPSA) is 79.3 Å². The Morgan fingerprint density at radius 2 is 2.07 bits per heavy atom. The van der Waals surface area contributed by atoms with Crippen LogP contribution in [0.2, 0.25) is 0 Å². The number of hydrogen-bond acceptors (Lipinski definition) is 4. The van der Waals surface area contributed by atoms with Gasteiger partial charge in [0, 0.05) is 11.3 Å². The lowest BCUT2D eigenvalue weighted by molar-refractivity contribution is -0.138. The SMILES string of the molecule is Cc1nc(NC(=O)CCC(=O)O)sc1C. The molecular weight excluding hydrogens is 216 g/mol. The van der Waals surface area contributed by atoms with Crippen LogP contribution in [0.4, 0.5) is 5.13 Å². The average Bonchev–Trinajstić information content (AvgIpc) is 2.42. The summed E-state index contributed by atoms with van der Waals surface area (Å²) in [6.45, 7) is 3.78. The standard InChI is InChI=1S/C9H12N2O3S/c1-5-6(2)15-9(10-5)11-7(12)3-4-8(13)14/h3-4H2,1-2H3,(H,13,14)(H,10,11,12). The Morgan fingerprint density at radius 3 is 2.53 bits per heavy atom. The van der Waals surface area contributed by atoms with Crippen molar-refractivity contribution < 1.29 is 14.7 Å². The van der Waals surface area contributed by atoms with Gasteiger partial charge in [-0.25, -0.2) is 4.98 Å². The predicted octanol–water partition coefficient (Wildman–Crippen LogP) is 1.56. The molecule has 0 saturated carbocycles. The molecule has 0 spiro atoms. The van der Waals surface area contributed by atoms with Gasteiger partial charge in [-0.1, -0.05) is 0 Å². The summed E-state index contributed by atoms with van der Waals surface area (Å²) < 4.78 is 0. The third kappa shape index (κ3) is 3.67. The Balaban J connectivity index is 2.48. The quantitative estimate of drug-likeness (QED) is 0.819. The van der Waals surface area contributed by atoms with E-state index in [1.54, 1.807) is 0 Å². The maximum Gasteiger partial charge on any atom is 0.303 e. The number of carbonyl (C=O) groups is 2. The van der Waals surface area contributed by atoms with Gasteiger partial charge in [-0.15, -0.1) is 11.3 Å². The molecule has 6 heteroatoms. The molecule has 0 aliphatic heterocycles. The van der Waals surface area contributed by atoms with Gasteiger partial charge >= 0.3 is 5.97 Å². The maximum atomic E-state index is 11.2. The van der Waals surface area contributed by atoms with Gasteiger partial charge in [-0.2, -0.15) is 0 Å². The molecule has 0 atom stereocenters. The second kappa shape index (κ2) is 4.88. The van der Waals surface area contributed by atoms with E-state index in [2.05, 4.69) is 10.3 Å². The number of aryl methyl sites for hydroxylation is 2. The Hall–Kier alpha value is -1.43. The largest absolute Gasteiger partial charge is 0.481 e. The van der Waals surface area contributed by atoms with Crippen LogP contribution in [0.15, 0.2) is 0 Å². The molecular formula is C9H12N2O3S. The fourth-order valence-electron chi connectivity index (χ4n) is 0.928. The third-order valence-electron chi connectivity index (χ3n) is 1.84. The van der Waals surface area contributed by atoms with Crippen LogP contribution < -0.4 is 5.32 Å². The maximum absolute atomic E-state index is 11.2. The van der Waals surface area contributed by atoms with E-state index >= 15 is 0 Å². The van der Waals surface area contributed by atoms with Crippen LogP contribution in [-0.2, 0) is 9.59 Å². The molecule has 0 bridgehead atoms. The summed E-state index contributed by atoms with van der Waals surface area (Å²) in [5, 5.41) is 11.5. The van der Waals surface area contributed by atoms with Crippen molar-refractivity contribution in [1.82, 2.24) is 4.98 Å². The van der Waals surface area contributed by atoms with Crippen LogP contribution in [0.5, 0.6) is 0 Å². The number of carboxylic acid groups (broad SMARTS) is 1. The fourth-order valence-corrected chi connectivity index (χ4v) is 1.76. The summed E-state index contributed by atoms with van der Waals surface area (Å²) in [4.78, 5) is 26.6. The average molecular weight is 228 g/mol. The predicted molar refractivity (Wildman–Crippen MR) is 57.1 cm³/mol. The fraction of sp³-hybridized carbons (Fsp3) is 0.444. The molecule has 1 amide bonds. The van der Waals surface area contributed by atoms with Gasteiger partial charge in [0.05, 0.1) is 12.1 Å². The number of rotatable bonds is 4. The van der Waals surface area contributed by atoms with Crippen molar-refractivity contribution in [2.45, 2.75) is 26.7 Å². The number of amides is 1. The Morgan fingerprint density at radius 1 is 1.40 bits per heavy atom. The number of aromatic nitrogens is 1. The van der Waals surface area contributed by atoms with Crippen LogP contribution in [0.25, 0.3) is 0 Å². The van der Waals surface area contributed by atoms with E-state index in [4.69, 9.17) is 5.11 Å². The molecule has 1 aromatic heterocycles. The van der Waals surface area contributed by atoms with Crippen molar-refractivity contribution in [3.8, 4) is 0 Å². The second-order valence-electron chi connectivity index (χ2n) is 3.10. The first-order valence-corrected chi connectivity index (χ1v) is 5.26. The van der Waals surface area contributed by atoms with E-state index in [0.29, 0.717) is 5.13 Å². The van der Waals surface area contributed by atoms with Gasteiger partial charge < -0.3 is 10.4 Å². The Kier molecular flexibility index (Phi) is 3.79. The van der Waals surface area contributed by atoms with Crippen LogP contribution in [0.1, 0.15) is 23.4 Å². The minimum Gasteiger partial charge on any atom is -0.481 e. The number of nitrogens with zero attached hydrogens (tertiary/aromatic N) is 1. The van der Waals surface area contributed by atoms with Crippen LogP contribution in [-0.4, -0.2) is 22.0 Å². The van der Waals surface area contributed by atoms with E-state index in [1.807, 2.05) is 13.8 Å². The molecule has 1 rings (SSSR count). The number of aliphatic carboxylic acids is 1. The molecule has 1 heterocycles. The summed E-state index contributed by atoms with van der Waals surface area (Å²) in [6, 6.07) is 0. The number of carbonyl (C=O) groups excluding carboxylic acids is 1. The summed E-state index contributed by atoms with van der Waals surface area (Å²) in [5.41, 5.74) is 0.883. The molecule has 5 nitrogen and oxygen atoms in total. The molecule has 2 N–H and O–H groups in total. The number of anilines is 1. The molecule has 0 saturated heterocycles. The minimum atomic E-state index is -0.975. The van der Waals surface area contributed by atoms with Crippen LogP contribution >= 0.6 is 11.3 Å². The number of thiazole rings is 1. The zero-order chi connectivity index (χ0) is 11.4. The van der Waals surface area contributed by atoms with E-state index in [1.165, 1.54) is 11.3 Å². The van der Waals surface area contributed by atoms with Crippen molar-refractivity contribution in [2.24, 2.45) is 0 Å². The normalized spacial score (nSPS) is 10.0. The van der Waals surface area contributed by atoms with Crippen molar-refractivity contribution in [1.29, 1.82) is 0 Å². The third-order valence-corrected chi connectivity index (χ3v) is 2.83. The summed E-state index contributed by atoms with van der Waals surface area (Å²) >= 11 is 1.39. The Bertz CT molecular complexity index is 367. The van der Waals surface area contributed by atoms with E-state index < -0.39 is 5.97 Å².